The summed E-state index contributed by atoms with van der Waals surface area (Å²) in [5.74, 6) is -0.234. The third kappa shape index (κ3) is 6.09. The van der Waals surface area contributed by atoms with Gasteiger partial charge in [-0.25, -0.2) is 9.78 Å². The normalized spacial score (nSPS) is 16.8. The number of methoxy groups -OCH3 is 1. The van der Waals surface area contributed by atoms with Gasteiger partial charge in [0.2, 0.25) is 5.88 Å². The highest BCUT2D eigenvalue weighted by molar-refractivity contribution is 6.39. The zero-order chi connectivity index (χ0) is 31.1. The second-order valence-corrected chi connectivity index (χ2v) is 11.7. The molecule has 1 aliphatic heterocycles. The fourth-order valence-corrected chi connectivity index (χ4v) is 5.86. The van der Waals surface area contributed by atoms with E-state index < -0.39 is 22.8 Å². The van der Waals surface area contributed by atoms with Gasteiger partial charge in [0.15, 0.2) is 0 Å². The molecule has 1 unspecified atom stereocenters. The molecule has 0 spiro atoms. The number of carbonyl (C=O) groups is 1. The van der Waals surface area contributed by atoms with E-state index in [1.54, 1.807) is 25.3 Å². The average Bonchev–Trinajstić information content (AvgIpc) is 3.33. The van der Waals surface area contributed by atoms with Crippen LogP contribution >= 0.6 is 23.2 Å². The first-order valence-electron chi connectivity index (χ1n) is 13.5. The van der Waals surface area contributed by atoms with Crippen molar-refractivity contribution in [2.24, 2.45) is 14.1 Å². The number of halogens is 2. The summed E-state index contributed by atoms with van der Waals surface area (Å²) in [6.45, 7) is 3.80. The van der Waals surface area contributed by atoms with E-state index in [1.807, 2.05) is 37.3 Å². The Kier molecular flexibility index (Phi) is 8.49. The van der Waals surface area contributed by atoms with Crippen molar-refractivity contribution in [2.75, 3.05) is 25.5 Å². The number of benzene rings is 2. The number of nitrogens with one attached hydrogen (secondary N) is 1. The molecular formula is C31H31Cl2N5O5. The molecule has 0 aliphatic carbocycles. The monoisotopic (exact) mass is 623 g/mol. The summed E-state index contributed by atoms with van der Waals surface area (Å²) >= 11 is 13.7. The van der Waals surface area contributed by atoms with Crippen molar-refractivity contribution in [1.82, 2.24) is 19.0 Å². The van der Waals surface area contributed by atoms with E-state index in [0.717, 1.165) is 21.2 Å². The number of hydrogen-bond acceptors (Lipinski definition) is 7. The molecule has 224 valence electrons. The molecule has 43 heavy (non-hydrogen) atoms. The topological polar surface area (TPSA) is 119 Å². The molecule has 1 fully saturated rings. The Bertz CT molecular complexity index is 1850. The van der Waals surface area contributed by atoms with Crippen LogP contribution < -0.4 is 21.3 Å². The van der Waals surface area contributed by atoms with Gasteiger partial charge < -0.3 is 19.7 Å². The molecule has 5 rings (SSSR count). The zero-order valence-electron chi connectivity index (χ0n) is 24.1. The molecule has 4 aromatic rings. The Morgan fingerprint density at radius 1 is 1.05 bits per heavy atom. The molecule has 2 N–H and O–H groups in total. The zero-order valence-corrected chi connectivity index (χ0v) is 25.7. The molecule has 12 heteroatoms. The second-order valence-electron chi connectivity index (χ2n) is 10.9. The third-order valence-corrected chi connectivity index (χ3v) is 8.37. The van der Waals surface area contributed by atoms with Gasteiger partial charge in [0.05, 0.1) is 34.1 Å². The van der Waals surface area contributed by atoms with E-state index in [2.05, 4.69) is 10.2 Å². The Morgan fingerprint density at radius 3 is 2.40 bits per heavy atom. The average molecular weight is 625 g/mol. The van der Waals surface area contributed by atoms with Gasteiger partial charge >= 0.3 is 5.69 Å². The minimum absolute atomic E-state index is 0.204. The van der Waals surface area contributed by atoms with Gasteiger partial charge in [-0.05, 0) is 25.5 Å². The maximum Gasteiger partial charge on any atom is 0.330 e. The minimum Gasteiger partial charge on any atom is -0.481 e. The first-order chi connectivity index (χ1) is 20.4. The van der Waals surface area contributed by atoms with Gasteiger partial charge in [-0.3, -0.25) is 19.1 Å². The van der Waals surface area contributed by atoms with E-state index >= 15 is 0 Å². The lowest BCUT2D eigenvalue weighted by Gasteiger charge is -2.20. The Hall–Kier alpha value is -3.96. The van der Waals surface area contributed by atoms with Crippen LogP contribution in [0.1, 0.15) is 29.3 Å². The maximum absolute atomic E-state index is 13.0. The van der Waals surface area contributed by atoms with Crippen molar-refractivity contribution >= 4 is 34.8 Å². The largest absolute Gasteiger partial charge is 0.481 e. The van der Waals surface area contributed by atoms with Crippen LogP contribution in [0.3, 0.4) is 0 Å². The highest BCUT2D eigenvalue weighted by Crippen LogP contribution is 2.41. The standard InChI is InChI=1S/C31H31Cl2N5O5/c1-31(42)13-14-38(17-31)15-18-11-12-23(35-28(18)43-4)21-9-5-7-19(25(21)32)20-8-6-10-24(26(20)33)34-27(39)22-16-36(2)30(41)37(3)29(22)40/h5-12,16,42H,13-15,17H2,1-4H3,(H,34,39). The third-order valence-electron chi connectivity index (χ3n) is 7.56. The molecule has 1 atom stereocenters. The van der Waals surface area contributed by atoms with E-state index in [0.29, 0.717) is 52.8 Å². The quantitative estimate of drug-likeness (QED) is 0.314. The van der Waals surface area contributed by atoms with E-state index in [1.165, 1.54) is 20.3 Å². The summed E-state index contributed by atoms with van der Waals surface area (Å²) in [6, 6.07) is 14.4. The van der Waals surface area contributed by atoms with Crippen LogP contribution in [-0.4, -0.2) is 55.8 Å². The molecule has 1 amide bonds. The highest BCUT2D eigenvalue weighted by atomic mass is 35.5. The van der Waals surface area contributed by atoms with Gasteiger partial charge in [0.1, 0.15) is 5.56 Å². The first kappa shape index (κ1) is 30.5. The van der Waals surface area contributed by atoms with E-state index in [-0.39, 0.29) is 16.3 Å². The predicted octanol–water partition coefficient (Wildman–Crippen LogP) is 4.34. The number of rotatable bonds is 7. The van der Waals surface area contributed by atoms with Gasteiger partial charge in [0, 0.05) is 62.2 Å². The van der Waals surface area contributed by atoms with Gasteiger partial charge in [-0.2, -0.15) is 0 Å². The molecule has 0 saturated carbocycles. The van der Waals surface area contributed by atoms with Crippen LogP contribution in [0.2, 0.25) is 10.0 Å². The lowest BCUT2D eigenvalue weighted by atomic mass is 10.00. The summed E-state index contributed by atoms with van der Waals surface area (Å²) in [5, 5.41) is 13.6. The van der Waals surface area contributed by atoms with Crippen molar-refractivity contribution in [3.63, 3.8) is 0 Å². The number of aliphatic hydroxyl groups is 1. The summed E-state index contributed by atoms with van der Waals surface area (Å²) in [4.78, 5) is 44.5. The molecule has 0 radical (unpaired) electrons. The van der Waals surface area contributed by atoms with Gasteiger partial charge in [-0.1, -0.05) is 59.6 Å². The number of pyridine rings is 1. The summed E-state index contributed by atoms with van der Waals surface area (Å²) in [7, 11) is 4.33. The molecule has 3 heterocycles. The van der Waals surface area contributed by atoms with E-state index in [9.17, 15) is 19.5 Å². The van der Waals surface area contributed by atoms with Crippen molar-refractivity contribution in [3.05, 3.63) is 96.7 Å². The van der Waals surface area contributed by atoms with Crippen molar-refractivity contribution < 1.29 is 14.6 Å². The van der Waals surface area contributed by atoms with Crippen LogP contribution in [0, 0.1) is 0 Å². The fourth-order valence-electron chi connectivity index (χ4n) is 5.26. The number of anilines is 1. The number of aryl methyl sites for hydroxylation is 1. The molecule has 0 bridgehead atoms. The summed E-state index contributed by atoms with van der Waals surface area (Å²) in [6.07, 6.45) is 1.90. The Balaban J connectivity index is 1.45. The molecule has 10 nitrogen and oxygen atoms in total. The molecule has 1 aliphatic rings. The summed E-state index contributed by atoms with van der Waals surface area (Å²) in [5.41, 5.74) is 1.44. The predicted molar refractivity (Wildman–Crippen MR) is 167 cm³/mol. The van der Waals surface area contributed by atoms with Gasteiger partial charge in [-0.15, -0.1) is 0 Å². The molecule has 2 aromatic carbocycles. The van der Waals surface area contributed by atoms with Gasteiger partial charge in [0.25, 0.3) is 11.5 Å². The summed E-state index contributed by atoms with van der Waals surface area (Å²) < 4.78 is 7.64. The van der Waals surface area contributed by atoms with Crippen LogP contribution in [0.5, 0.6) is 5.88 Å². The highest BCUT2D eigenvalue weighted by Gasteiger charge is 2.31. The number of β-amino-alcohol motifs (C(OH)–C–C–N with tert-alkyl or cyclic N) is 1. The SMILES string of the molecule is COc1nc(-c2cccc(-c3cccc(NC(=O)c4cn(C)c(=O)n(C)c4=O)c3Cl)c2Cl)ccc1CN1CCC(C)(O)C1. The van der Waals surface area contributed by atoms with Crippen LogP contribution in [0.15, 0.2) is 64.3 Å². The maximum atomic E-state index is 13.0. The Labute approximate surface area is 258 Å². The number of carbonyl (C=O) groups excluding carboxylic acids is 1. The molecular weight excluding hydrogens is 593 g/mol. The fraction of sp³-hybridized carbons (Fsp3) is 0.290. The Morgan fingerprint density at radius 2 is 1.72 bits per heavy atom. The number of nitrogens with zero attached hydrogens (tertiary/aromatic N) is 4. The van der Waals surface area contributed by atoms with E-state index in [4.69, 9.17) is 32.9 Å². The molecule has 1 saturated heterocycles. The smallest absolute Gasteiger partial charge is 0.330 e. The van der Waals surface area contributed by atoms with Crippen LogP contribution in [0.25, 0.3) is 22.4 Å². The van der Waals surface area contributed by atoms with Crippen molar-refractivity contribution in [1.29, 1.82) is 0 Å². The number of likely N-dealkylation sites (tertiary alicyclic amines) is 1. The van der Waals surface area contributed by atoms with Crippen molar-refractivity contribution in [2.45, 2.75) is 25.5 Å². The van der Waals surface area contributed by atoms with Crippen molar-refractivity contribution in [3.8, 4) is 28.3 Å². The number of hydrogen-bond donors (Lipinski definition) is 2. The first-order valence-corrected chi connectivity index (χ1v) is 14.3. The molecule has 2 aromatic heterocycles. The minimum atomic E-state index is -0.718. The van der Waals surface area contributed by atoms with Crippen LogP contribution in [0.4, 0.5) is 5.69 Å². The number of amides is 1. The number of ether oxygens (including phenoxy) is 1. The lowest BCUT2D eigenvalue weighted by molar-refractivity contribution is 0.0677. The lowest BCUT2D eigenvalue weighted by Crippen LogP contribution is -2.40. The number of aromatic nitrogens is 3. The second kappa shape index (κ2) is 12.0. The van der Waals surface area contributed by atoms with Crippen LogP contribution in [-0.2, 0) is 20.6 Å².